The molecule has 5 nitrogen and oxygen atoms in total. The highest BCUT2D eigenvalue weighted by Crippen LogP contribution is 2.40. The molecule has 5 heteroatoms. The van der Waals surface area contributed by atoms with Crippen LogP contribution >= 0.6 is 0 Å². The Labute approximate surface area is 138 Å². The Balaban J connectivity index is 1.65. The largest absolute Gasteiger partial charge is 0.372 e. The van der Waals surface area contributed by atoms with Crippen LogP contribution in [-0.4, -0.2) is 48.3 Å². The molecule has 1 saturated carbocycles. The topological polar surface area (TPSA) is 52.7 Å². The van der Waals surface area contributed by atoms with E-state index in [9.17, 15) is 9.59 Å². The molecule has 126 valence electrons. The lowest BCUT2D eigenvalue weighted by atomic mass is 10.0. The van der Waals surface area contributed by atoms with E-state index in [0.717, 1.165) is 18.5 Å². The van der Waals surface area contributed by atoms with E-state index in [4.69, 9.17) is 0 Å². The van der Waals surface area contributed by atoms with Crippen LogP contribution in [0.2, 0.25) is 0 Å². The minimum Gasteiger partial charge on any atom is -0.372 e. The summed E-state index contributed by atoms with van der Waals surface area (Å²) in [5.74, 6) is 0.226. The third-order valence-corrected chi connectivity index (χ3v) is 5.16. The summed E-state index contributed by atoms with van der Waals surface area (Å²) in [6, 6.07) is 0. The van der Waals surface area contributed by atoms with Gasteiger partial charge in [-0.15, -0.1) is 0 Å². The molecule has 0 spiro atoms. The molecule has 2 heterocycles. The molecular formula is C18H27N3O2. The van der Waals surface area contributed by atoms with E-state index in [2.05, 4.69) is 30.1 Å². The number of nitrogens with zero attached hydrogens (tertiary/aromatic N) is 2. The van der Waals surface area contributed by atoms with Crippen molar-refractivity contribution >= 4 is 11.8 Å². The SMILES string of the molecule is CC1=C(C2CC2)C=C(NC(=O)C(=O)N2CCCC(C)C2)CN1C. The van der Waals surface area contributed by atoms with E-state index in [0.29, 0.717) is 31.5 Å². The van der Waals surface area contributed by atoms with Gasteiger partial charge in [-0.05, 0) is 56.1 Å². The first kappa shape index (κ1) is 16.1. The predicted molar refractivity (Wildman–Crippen MR) is 89.3 cm³/mol. The first-order chi connectivity index (χ1) is 11.0. The van der Waals surface area contributed by atoms with Crippen molar-refractivity contribution in [3.63, 3.8) is 0 Å². The summed E-state index contributed by atoms with van der Waals surface area (Å²) in [7, 11) is 2.03. The molecule has 0 aromatic carbocycles. The lowest BCUT2D eigenvalue weighted by Gasteiger charge is -2.31. The fourth-order valence-electron chi connectivity index (χ4n) is 3.53. The van der Waals surface area contributed by atoms with Crippen molar-refractivity contribution < 1.29 is 9.59 Å². The molecule has 1 saturated heterocycles. The summed E-state index contributed by atoms with van der Waals surface area (Å²) < 4.78 is 0. The maximum absolute atomic E-state index is 12.4. The number of carbonyl (C=O) groups excluding carboxylic acids is 2. The molecule has 3 aliphatic rings. The minimum absolute atomic E-state index is 0.389. The molecule has 1 unspecified atom stereocenters. The van der Waals surface area contributed by atoms with Gasteiger partial charge in [0.05, 0.1) is 6.54 Å². The molecule has 0 aromatic heterocycles. The highest BCUT2D eigenvalue weighted by molar-refractivity contribution is 6.35. The highest BCUT2D eigenvalue weighted by Gasteiger charge is 2.31. The maximum Gasteiger partial charge on any atom is 0.313 e. The van der Waals surface area contributed by atoms with Crippen LogP contribution in [0.25, 0.3) is 0 Å². The van der Waals surface area contributed by atoms with Crippen molar-refractivity contribution in [3.8, 4) is 0 Å². The van der Waals surface area contributed by atoms with Crippen LogP contribution < -0.4 is 5.32 Å². The van der Waals surface area contributed by atoms with Gasteiger partial charge in [0.25, 0.3) is 0 Å². The summed E-state index contributed by atoms with van der Waals surface area (Å²) in [6.07, 6.45) is 6.65. The number of hydrogen-bond donors (Lipinski definition) is 1. The standard InChI is InChI=1S/C18H27N3O2/c1-12-5-4-8-21(10-12)18(23)17(22)19-15-9-16(14-6-7-14)13(2)20(3)11-15/h9,12,14H,4-8,10-11H2,1-3H3,(H,19,22). The number of rotatable bonds is 2. The number of likely N-dealkylation sites (tertiary alicyclic amines) is 1. The van der Waals surface area contributed by atoms with Gasteiger partial charge in [-0.3, -0.25) is 9.59 Å². The number of allylic oxidation sites excluding steroid dienone is 3. The second kappa shape index (κ2) is 6.38. The van der Waals surface area contributed by atoms with Gasteiger partial charge in [-0.25, -0.2) is 0 Å². The molecule has 3 rings (SSSR count). The number of hydrogen-bond acceptors (Lipinski definition) is 3. The van der Waals surface area contributed by atoms with Gasteiger partial charge in [0.1, 0.15) is 0 Å². The van der Waals surface area contributed by atoms with Gasteiger partial charge in [-0.1, -0.05) is 6.92 Å². The van der Waals surface area contributed by atoms with Crippen LogP contribution in [0, 0.1) is 11.8 Å². The number of likely N-dealkylation sites (N-methyl/N-ethyl adjacent to an activating group) is 1. The zero-order valence-corrected chi connectivity index (χ0v) is 14.4. The lowest BCUT2D eigenvalue weighted by molar-refractivity contribution is -0.146. The Morgan fingerprint density at radius 3 is 2.65 bits per heavy atom. The summed E-state index contributed by atoms with van der Waals surface area (Å²) in [4.78, 5) is 28.5. The van der Waals surface area contributed by atoms with Gasteiger partial charge in [0.15, 0.2) is 0 Å². The number of piperidine rings is 1. The number of nitrogens with one attached hydrogen (secondary N) is 1. The molecule has 1 aliphatic carbocycles. The maximum atomic E-state index is 12.4. The normalized spacial score (nSPS) is 25.3. The van der Waals surface area contributed by atoms with E-state index in [-0.39, 0.29) is 5.91 Å². The van der Waals surface area contributed by atoms with Crippen molar-refractivity contribution in [2.24, 2.45) is 11.8 Å². The Kier molecular flexibility index (Phi) is 4.46. The molecule has 1 N–H and O–H groups in total. The van der Waals surface area contributed by atoms with Crippen LogP contribution in [0.1, 0.15) is 39.5 Å². The Morgan fingerprint density at radius 2 is 2.00 bits per heavy atom. The molecule has 1 atom stereocenters. The zero-order chi connectivity index (χ0) is 16.6. The quantitative estimate of drug-likeness (QED) is 0.791. The van der Waals surface area contributed by atoms with Crippen LogP contribution in [-0.2, 0) is 9.59 Å². The summed E-state index contributed by atoms with van der Waals surface area (Å²) in [6.45, 7) is 6.30. The van der Waals surface area contributed by atoms with Crippen LogP contribution in [0.3, 0.4) is 0 Å². The van der Waals surface area contributed by atoms with Crippen LogP contribution in [0.5, 0.6) is 0 Å². The van der Waals surface area contributed by atoms with Crippen LogP contribution in [0.15, 0.2) is 23.0 Å². The van der Waals surface area contributed by atoms with Gasteiger partial charge in [-0.2, -0.15) is 0 Å². The third-order valence-electron chi connectivity index (χ3n) is 5.16. The Bertz CT molecular complexity index is 575. The molecule has 2 amide bonds. The monoisotopic (exact) mass is 317 g/mol. The number of carbonyl (C=O) groups is 2. The molecule has 0 aromatic rings. The fraction of sp³-hybridized carbons (Fsp3) is 0.667. The van der Waals surface area contributed by atoms with E-state index < -0.39 is 5.91 Å². The van der Waals surface area contributed by atoms with Crippen molar-refractivity contribution in [2.45, 2.75) is 39.5 Å². The van der Waals surface area contributed by atoms with E-state index in [1.54, 1.807) is 4.90 Å². The summed E-state index contributed by atoms with van der Waals surface area (Å²) in [5.41, 5.74) is 3.43. The zero-order valence-electron chi connectivity index (χ0n) is 14.4. The van der Waals surface area contributed by atoms with Crippen molar-refractivity contribution in [1.82, 2.24) is 15.1 Å². The van der Waals surface area contributed by atoms with E-state index >= 15 is 0 Å². The van der Waals surface area contributed by atoms with Crippen molar-refractivity contribution in [3.05, 3.63) is 23.0 Å². The van der Waals surface area contributed by atoms with Crippen molar-refractivity contribution in [1.29, 1.82) is 0 Å². The minimum atomic E-state index is -0.492. The molecule has 2 aliphatic heterocycles. The summed E-state index contributed by atoms with van der Waals surface area (Å²) in [5, 5.41) is 2.85. The van der Waals surface area contributed by atoms with Gasteiger partial charge in [0.2, 0.25) is 0 Å². The van der Waals surface area contributed by atoms with E-state index in [1.807, 2.05) is 7.05 Å². The molecule has 2 fully saturated rings. The van der Waals surface area contributed by atoms with Gasteiger partial charge < -0.3 is 15.1 Å². The Morgan fingerprint density at radius 1 is 1.26 bits per heavy atom. The third kappa shape index (κ3) is 3.59. The lowest BCUT2D eigenvalue weighted by Crippen LogP contribution is -2.47. The smallest absolute Gasteiger partial charge is 0.313 e. The van der Waals surface area contributed by atoms with Crippen molar-refractivity contribution in [2.75, 3.05) is 26.7 Å². The first-order valence-corrected chi connectivity index (χ1v) is 8.68. The molecule has 0 bridgehead atoms. The highest BCUT2D eigenvalue weighted by atomic mass is 16.2. The van der Waals surface area contributed by atoms with Gasteiger partial charge in [0, 0.05) is 31.5 Å². The van der Waals surface area contributed by atoms with Crippen LogP contribution in [0.4, 0.5) is 0 Å². The van der Waals surface area contributed by atoms with Gasteiger partial charge >= 0.3 is 11.8 Å². The number of amides is 2. The second-order valence-electron chi connectivity index (χ2n) is 7.29. The first-order valence-electron chi connectivity index (χ1n) is 8.68. The molecular weight excluding hydrogens is 290 g/mol. The van der Waals surface area contributed by atoms with E-state index in [1.165, 1.54) is 24.1 Å². The second-order valence-corrected chi connectivity index (χ2v) is 7.29. The Hall–Kier alpha value is -1.78. The predicted octanol–water partition coefficient (Wildman–Crippen LogP) is 1.87. The summed E-state index contributed by atoms with van der Waals surface area (Å²) >= 11 is 0. The molecule has 0 radical (unpaired) electrons. The molecule has 23 heavy (non-hydrogen) atoms. The fourth-order valence-corrected chi connectivity index (χ4v) is 3.53. The average molecular weight is 317 g/mol. The average Bonchev–Trinajstić information content (AvgIpc) is 3.34.